The van der Waals surface area contributed by atoms with E-state index in [0.717, 1.165) is 11.1 Å². The number of hydrogen-bond acceptors (Lipinski definition) is 7. The van der Waals surface area contributed by atoms with Crippen LogP contribution in [0.1, 0.15) is 18.1 Å². The quantitative estimate of drug-likeness (QED) is 0.347. The molecule has 2 rings (SSSR count). The second-order valence-corrected chi connectivity index (χ2v) is 6.72. The number of rotatable bonds is 11. The van der Waals surface area contributed by atoms with Crippen molar-refractivity contribution in [3.8, 4) is 0 Å². The summed E-state index contributed by atoms with van der Waals surface area (Å²) >= 11 is 0. The van der Waals surface area contributed by atoms with Gasteiger partial charge in [-0.05, 0) is 18.1 Å². The normalized spacial score (nSPS) is 10.9. The van der Waals surface area contributed by atoms with Crippen molar-refractivity contribution in [3.63, 3.8) is 0 Å². The third kappa shape index (κ3) is 10.2. The number of amides is 3. The van der Waals surface area contributed by atoms with Gasteiger partial charge < -0.3 is 30.2 Å². The molecule has 0 heterocycles. The highest BCUT2D eigenvalue weighted by atomic mass is 16.6. The van der Waals surface area contributed by atoms with Crippen LogP contribution in [-0.4, -0.2) is 49.8 Å². The second-order valence-electron chi connectivity index (χ2n) is 6.72. The molecule has 0 spiro atoms. The van der Waals surface area contributed by atoms with Crippen molar-refractivity contribution in [1.29, 1.82) is 0 Å². The Morgan fingerprint density at radius 1 is 0.758 bits per heavy atom. The number of esters is 1. The van der Waals surface area contributed by atoms with Gasteiger partial charge in [-0.15, -0.1) is 0 Å². The molecule has 0 aromatic heterocycles. The highest BCUT2D eigenvalue weighted by Gasteiger charge is 2.23. The van der Waals surface area contributed by atoms with Crippen LogP contribution in [0.2, 0.25) is 0 Å². The van der Waals surface area contributed by atoms with Crippen molar-refractivity contribution < 1.29 is 33.4 Å². The zero-order valence-corrected chi connectivity index (χ0v) is 18.2. The molecule has 0 aliphatic carbocycles. The third-order valence-corrected chi connectivity index (χ3v) is 4.20. The summed E-state index contributed by atoms with van der Waals surface area (Å²) in [5.41, 5.74) is 1.55. The Morgan fingerprint density at radius 2 is 1.30 bits per heavy atom. The number of ether oxygens (including phenoxy) is 3. The van der Waals surface area contributed by atoms with E-state index >= 15 is 0 Å². The molecule has 0 fully saturated rings. The first-order valence-corrected chi connectivity index (χ1v) is 10.3. The number of benzene rings is 2. The molecule has 0 saturated carbocycles. The van der Waals surface area contributed by atoms with Gasteiger partial charge in [-0.25, -0.2) is 9.59 Å². The van der Waals surface area contributed by atoms with E-state index in [1.807, 2.05) is 24.3 Å². The average molecular weight is 457 g/mol. The molecule has 3 N–H and O–H groups in total. The number of carbonyl (C=O) groups is 4. The van der Waals surface area contributed by atoms with Crippen LogP contribution in [0.5, 0.6) is 0 Å². The molecular weight excluding hydrogens is 430 g/mol. The van der Waals surface area contributed by atoms with Crippen LogP contribution in [0.4, 0.5) is 9.59 Å². The third-order valence-electron chi connectivity index (χ3n) is 4.20. The van der Waals surface area contributed by atoms with Gasteiger partial charge in [-0.1, -0.05) is 60.7 Å². The number of hydrogen-bond donors (Lipinski definition) is 3. The van der Waals surface area contributed by atoms with Gasteiger partial charge in [0.1, 0.15) is 25.8 Å². The Balaban J connectivity index is 1.88. The monoisotopic (exact) mass is 457 g/mol. The van der Waals surface area contributed by atoms with Crippen LogP contribution in [-0.2, 0) is 37.0 Å². The Bertz CT molecular complexity index is 907. The smallest absolute Gasteiger partial charge is 0.408 e. The lowest BCUT2D eigenvalue weighted by atomic mass is 10.2. The van der Waals surface area contributed by atoms with E-state index in [-0.39, 0.29) is 32.9 Å². The average Bonchev–Trinajstić information content (AvgIpc) is 2.84. The maximum absolute atomic E-state index is 12.5. The highest BCUT2D eigenvalue weighted by molar-refractivity contribution is 5.88. The van der Waals surface area contributed by atoms with Crippen molar-refractivity contribution >= 4 is 24.1 Å². The zero-order chi connectivity index (χ0) is 23.9. The van der Waals surface area contributed by atoms with Gasteiger partial charge in [-0.3, -0.25) is 9.59 Å². The molecule has 176 valence electrons. The van der Waals surface area contributed by atoms with Gasteiger partial charge in [0.2, 0.25) is 5.91 Å². The molecule has 2 aromatic carbocycles. The fraction of sp³-hybridized carbons (Fsp3) is 0.304. The van der Waals surface area contributed by atoms with Crippen molar-refractivity contribution in [1.82, 2.24) is 16.0 Å². The molecule has 10 heteroatoms. The summed E-state index contributed by atoms with van der Waals surface area (Å²) in [5, 5.41) is 7.15. The Hall–Kier alpha value is -4.08. The van der Waals surface area contributed by atoms with Gasteiger partial charge in [0, 0.05) is 0 Å². The molecule has 10 nitrogen and oxygen atoms in total. The number of alkyl carbamates (subject to hydrolysis) is 2. The molecule has 3 amide bonds. The standard InChI is InChI=1S/C23H27N3O7/c1-2-31-20(27)14-24-21(28)19(26-23(30)33-16-18-11-7-4-8-12-18)13-25-22(29)32-15-17-9-5-3-6-10-17/h3-12,19H,2,13-16H2,1H3,(H,24,28)(H,25,29)(H,26,30)/t19-/m0/s1. The molecule has 0 radical (unpaired) electrons. The minimum Gasteiger partial charge on any atom is -0.465 e. The van der Waals surface area contributed by atoms with Gasteiger partial charge in [-0.2, -0.15) is 0 Å². The maximum Gasteiger partial charge on any atom is 0.408 e. The first kappa shape index (κ1) is 25.2. The van der Waals surface area contributed by atoms with E-state index < -0.39 is 30.1 Å². The highest BCUT2D eigenvalue weighted by Crippen LogP contribution is 2.02. The Kier molecular flexibility index (Phi) is 10.7. The lowest BCUT2D eigenvalue weighted by molar-refractivity contribution is -0.143. The molecule has 0 unspecified atom stereocenters. The minimum atomic E-state index is -1.22. The number of carbonyl (C=O) groups excluding carboxylic acids is 4. The predicted molar refractivity (Wildman–Crippen MR) is 118 cm³/mol. The van der Waals surface area contributed by atoms with E-state index in [4.69, 9.17) is 14.2 Å². The zero-order valence-electron chi connectivity index (χ0n) is 18.2. The van der Waals surface area contributed by atoms with E-state index in [1.165, 1.54) is 0 Å². The maximum atomic E-state index is 12.5. The van der Waals surface area contributed by atoms with Gasteiger partial charge in [0.25, 0.3) is 0 Å². The van der Waals surface area contributed by atoms with Crippen LogP contribution >= 0.6 is 0 Å². The summed E-state index contributed by atoms with van der Waals surface area (Å²) in [6.45, 7) is 1.16. The van der Waals surface area contributed by atoms with E-state index in [9.17, 15) is 19.2 Å². The second kappa shape index (κ2) is 14.1. The van der Waals surface area contributed by atoms with Crippen molar-refractivity contribution in [2.24, 2.45) is 0 Å². The fourth-order valence-electron chi connectivity index (χ4n) is 2.57. The van der Waals surface area contributed by atoms with Crippen molar-refractivity contribution in [2.45, 2.75) is 26.2 Å². The summed E-state index contributed by atoms with van der Waals surface area (Å²) < 4.78 is 15.0. The lowest BCUT2D eigenvalue weighted by Gasteiger charge is -2.18. The van der Waals surface area contributed by atoms with Gasteiger partial charge in [0.05, 0.1) is 13.2 Å². The van der Waals surface area contributed by atoms with Gasteiger partial charge in [0.15, 0.2) is 0 Å². The van der Waals surface area contributed by atoms with Crippen LogP contribution < -0.4 is 16.0 Å². The first-order valence-electron chi connectivity index (χ1n) is 10.3. The molecule has 33 heavy (non-hydrogen) atoms. The predicted octanol–water partition coefficient (Wildman–Crippen LogP) is 1.89. The SMILES string of the molecule is CCOC(=O)CNC(=O)[C@H](CNC(=O)OCc1ccccc1)NC(=O)OCc1ccccc1. The Morgan fingerprint density at radius 3 is 1.85 bits per heavy atom. The Labute approximate surface area is 191 Å². The number of nitrogens with one attached hydrogen (secondary N) is 3. The van der Waals surface area contributed by atoms with Crippen molar-refractivity contribution in [2.75, 3.05) is 19.7 Å². The largest absolute Gasteiger partial charge is 0.465 e. The molecule has 2 aromatic rings. The molecule has 1 atom stereocenters. The van der Waals surface area contributed by atoms with Crippen LogP contribution in [0.25, 0.3) is 0 Å². The lowest BCUT2D eigenvalue weighted by Crippen LogP contribution is -2.53. The topological polar surface area (TPSA) is 132 Å². The summed E-state index contributed by atoms with van der Waals surface area (Å²) in [7, 11) is 0. The molecule has 0 saturated heterocycles. The fourth-order valence-corrected chi connectivity index (χ4v) is 2.57. The van der Waals surface area contributed by atoms with Crippen molar-refractivity contribution in [3.05, 3.63) is 71.8 Å². The van der Waals surface area contributed by atoms with Crippen LogP contribution in [0.3, 0.4) is 0 Å². The van der Waals surface area contributed by atoms with Crippen LogP contribution in [0.15, 0.2) is 60.7 Å². The minimum absolute atomic E-state index is 0.00359. The van der Waals surface area contributed by atoms with Gasteiger partial charge >= 0.3 is 18.2 Å². The molecule has 0 aliphatic rings. The summed E-state index contributed by atoms with van der Waals surface area (Å²) in [6, 6.07) is 16.8. The summed E-state index contributed by atoms with van der Waals surface area (Å²) in [4.78, 5) is 48.2. The van der Waals surface area contributed by atoms with Crippen LogP contribution in [0, 0.1) is 0 Å². The van der Waals surface area contributed by atoms with E-state index in [1.54, 1.807) is 43.3 Å². The summed E-state index contributed by atoms with van der Waals surface area (Å²) in [6.07, 6.45) is -1.64. The molecule has 0 aliphatic heterocycles. The van der Waals surface area contributed by atoms with E-state index in [0.29, 0.717) is 0 Å². The van der Waals surface area contributed by atoms with E-state index in [2.05, 4.69) is 16.0 Å². The molecule has 0 bridgehead atoms. The molecular formula is C23H27N3O7. The first-order chi connectivity index (χ1) is 16.0. The summed E-state index contributed by atoms with van der Waals surface area (Å²) in [5.74, 6) is -1.34.